The Balaban J connectivity index is 1.78. The number of aromatic nitrogens is 1. The summed E-state index contributed by atoms with van der Waals surface area (Å²) in [6.07, 6.45) is -1.07. The molecule has 0 unspecified atom stereocenters. The Morgan fingerprint density at radius 2 is 2.13 bits per heavy atom. The minimum absolute atomic E-state index is 0.000345. The summed E-state index contributed by atoms with van der Waals surface area (Å²) in [5.74, 6) is -1.37. The lowest BCUT2D eigenvalue weighted by Gasteiger charge is -2.30. The number of carbonyl (C=O) groups is 2. The molecule has 7 heteroatoms. The maximum atomic E-state index is 12.3. The van der Waals surface area contributed by atoms with E-state index >= 15 is 0 Å². The number of fused-ring (bicyclic) bond motifs is 1. The quantitative estimate of drug-likeness (QED) is 0.853. The molecule has 2 N–H and O–H groups in total. The van der Waals surface area contributed by atoms with Crippen molar-refractivity contribution in [2.75, 3.05) is 19.7 Å². The van der Waals surface area contributed by atoms with Crippen molar-refractivity contribution in [3.05, 3.63) is 46.2 Å². The molecule has 0 bridgehead atoms. The van der Waals surface area contributed by atoms with Crippen molar-refractivity contribution in [1.29, 1.82) is 0 Å². The molecule has 23 heavy (non-hydrogen) atoms. The molecule has 2 aromatic rings. The minimum atomic E-state index is -1.09. The standard InChI is InChI=1S/C16H16N2O5/c19-14(18-5-6-23-13(9-18)16(21)22)8-11-7-10-3-1-2-4-12(10)17-15(11)20/h1-4,7,13H,5-6,8-9H2,(H,17,20)(H,21,22)/t13-/m0/s1. The SMILES string of the molecule is O=C(O)[C@@H]1CN(C(=O)Cc2cc3ccccc3[nH]c2=O)CCO1. The molecule has 1 fully saturated rings. The Morgan fingerprint density at radius 3 is 2.91 bits per heavy atom. The normalized spacial score (nSPS) is 18.1. The number of hydrogen-bond acceptors (Lipinski definition) is 4. The third-order valence-corrected chi connectivity index (χ3v) is 3.87. The predicted molar refractivity (Wildman–Crippen MR) is 82.2 cm³/mol. The van der Waals surface area contributed by atoms with E-state index in [1.54, 1.807) is 12.1 Å². The Hall–Kier alpha value is -2.67. The fourth-order valence-electron chi connectivity index (χ4n) is 2.62. The first kappa shape index (κ1) is 15.2. The van der Waals surface area contributed by atoms with E-state index < -0.39 is 12.1 Å². The van der Waals surface area contributed by atoms with Gasteiger partial charge in [0.1, 0.15) is 0 Å². The highest BCUT2D eigenvalue weighted by molar-refractivity contribution is 5.83. The molecule has 3 rings (SSSR count). The lowest BCUT2D eigenvalue weighted by Crippen LogP contribution is -2.49. The predicted octanol–water partition coefficient (Wildman–Crippen LogP) is 0.383. The lowest BCUT2D eigenvalue weighted by molar-refractivity contribution is -0.159. The third-order valence-electron chi connectivity index (χ3n) is 3.87. The zero-order valence-corrected chi connectivity index (χ0v) is 12.3. The van der Waals surface area contributed by atoms with E-state index in [0.29, 0.717) is 17.6 Å². The van der Waals surface area contributed by atoms with Crippen LogP contribution >= 0.6 is 0 Å². The van der Waals surface area contributed by atoms with Crippen LogP contribution < -0.4 is 5.56 Å². The number of carboxylic acids is 1. The largest absolute Gasteiger partial charge is 0.479 e. The zero-order valence-electron chi connectivity index (χ0n) is 12.3. The average molecular weight is 316 g/mol. The lowest BCUT2D eigenvalue weighted by atomic mass is 10.1. The molecular formula is C16H16N2O5. The zero-order chi connectivity index (χ0) is 16.4. The topological polar surface area (TPSA) is 99.7 Å². The molecule has 0 radical (unpaired) electrons. The molecule has 1 amide bonds. The Bertz CT molecular complexity index is 813. The van der Waals surface area contributed by atoms with Crippen LogP contribution in [0.2, 0.25) is 0 Å². The highest BCUT2D eigenvalue weighted by atomic mass is 16.5. The van der Waals surface area contributed by atoms with E-state index in [0.717, 1.165) is 5.39 Å². The summed E-state index contributed by atoms with van der Waals surface area (Å²) in [5.41, 5.74) is 0.776. The van der Waals surface area contributed by atoms with Gasteiger partial charge in [-0.3, -0.25) is 9.59 Å². The molecule has 120 valence electrons. The van der Waals surface area contributed by atoms with Crippen LogP contribution in [0, 0.1) is 0 Å². The third kappa shape index (κ3) is 3.24. The highest BCUT2D eigenvalue weighted by Gasteiger charge is 2.29. The second kappa shape index (κ2) is 6.21. The maximum Gasteiger partial charge on any atom is 0.334 e. The molecule has 1 aromatic carbocycles. The van der Waals surface area contributed by atoms with E-state index in [1.165, 1.54) is 4.90 Å². The number of ether oxygens (including phenoxy) is 1. The van der Waals surface area contributed by atoms with Gasteiger partial charge in [-0.15, -0.1) is 0 Å². The van der Waals surface area contributed by atoms with Crippen molar-refractivity contribution in [3.8, 4) is 0 Å². The van der Waals surface area contributed by atoms with Crippen LogP contribution in [0.25, 0.3) is 10.9 Å². The molecular weight excluding hydrogens is 300 g/mol. The van der Waals surface area contributed by atoms with Crippen LogP contribution in [0.15, 0.2) is 35.1 Å². The van der Waals surface area contributed by atoms with Gasteiger partial charge in [0.25, 0.3) is 5.56 Å². The van der Waals surface area contributed by atoms with Crippen molar-refractivity contribution in [2.24, 2.45) is 0 Å². The summed E-state index contributed by atoms with van der Waals surface area (Å²) < 4.78 is 5.09. The summed E-state index contributed by atoms with van der Waals surface area (Å²) in [6.45, 7) is 0.505. The number of nitrogens with one attached hydrogen (secondary N) is 1. The molecule has 0 saturated carbocycles. The maximum absolute atomic E-state index is 12.3. The number of benzene rings is 1. The Kier molecular flexibility index (Phi) is 4.12. The molecule has 1 saturated heterocycles. The summed E-state index contributed by atoms with van der Waals surface area (Å²) in [4.78, 5) is 39.6. The van der Waals surface area contributed by atoms with Crippen LogP contribution in [-0.2, 0) is 20.7 Å². The van der Waals surface area contributed by atoms with Gasteiger partial charge in [0, 0.05) is 17.6 Å². The van der Waals surface area contributed by atoms with Gasteiger partial charge >= 0.3 is 5.97 Å². The average Bonchev–Trinajstić information content (AvgIpc) is 2.55. The molecule has 1 atom stereocenters. The number of morpholine rings is 1. The van der Waals surface area contributed by atoms with Crippen LogP contribution in [0.1, 0.15) is 5.56 Å². The van der Waals surface area contributed by atoms with Gasteiger partial charge in [0.05, 0.1) is 19.6 Å². The number of hydrogen-bond donors (Lipinski definition) is 2. The van der Waals surface area contributed by atoms with Crippen LogP contribution in [0.5, 0.6) is 0 Å². The second-order valence-corrected chi connectivity index (χ2v) is 5.43. The smallest absolute Gasteiger partial charge is 0.334 e. The van der Waals surface area contributed by atoms with E-state index in [2.05, 4.69) is 4.98 Å². The number of para-hydroxylation sites is 1. The second-order valence-electron chi connectivity index (χ2n) is 5.43. The molecule has 0 aliphatic carbocycles. The van der Waals surface area contributed by atoms with Gasteiger partial charge in [-0.25, -0.2) is 4.79 Å². The summed E-state index contributed by atoms with van der Waals surface area (Å²) >= 11 is 0. The molecule has 7 nitrogen and oxygen atoms in total. The highest BCUT2D eigenvalue weighted by Crippen LogP contribution is 2.12. The summed E-state index contributed by atoms with van der Waals surface area (Å²) in [6, 6.07) is 9.02. The fourth-order valence-corrected chi connectivity index (χ4v) is 2.62. The molecule has 1 aliphatic rings. The van der Waals surface area contributed by atoms with E-state index in [9.17, 15) is 14.4 Å². The van der Waals surface area contributed by atoms with Crippen LogP contribution in [0.3, 0.4) is 0 Å². The number of amides is 1. The number of carboxylic acid groups (broad SMARTS) is 1. The first-order valence-corrected chi connectivity index (χ1v) is 7.28. The van der Waals surface area contributed by atoms with E-state index in [-0.39, 0.29) is 31.0 Å². The van der Waals surface area contributed by atoms with Gasteiger partial charge in [-0.2, -0.15) is 0 Å². The fraction of sp³-hybridized carbons (Fsp3) is 0.312. The van der Waals surface area contributed by atoms with Crippen LogP contribution in [0.4, 0.5) is 0 Å². The van der Waals surface area contributed by atoms with Gasteiger partial charge in [-0.05, 0) is 17.5 Å². The van der Waals surface area contributed by atoms with Gasteiger partial charge in [0.2, 0.25) is 5.91 Å². The van der Waals surface area contributed by atoms with Crippen molar-refractivity contribution < 1.29 is 19.4 Å². The molecule has 0 spiro atoms. The van der Waals surface area contributed by atoms with E-state index in [1.807, 2.05) is 18.2 Å². The van der Waals surface area contributed by atoms with Crippen molar-refractivity contribution in [3.63, 3.8) is 0 Å². The van der Waals surface area contributed by atoms with Crippen molar-refractivity contribution >= 4 is 22.8 Å². The molecule has 1 aromatic heterocycles. The molecule has 2 heterocycles. The summed E-state index contributed by atoms with van der Waals surface area (Å²) in [5, 5.41) is 9.82. The number of aliphatic carboxylic acids is 1. The number of aromatic amines is 1. The van der Waals surface area contributed by atoms with Crippen molar-refractivity contribution in [2.45, 2.75) is 12.5 Å². The molecule has 1 aliphatic heterocycles. The van der Waals surface area contributed by atoms with Crippen molar-refractivity contribution in [1.82, 2.24) is 9.88 Å². The van der Waals surface area contributed by atoms with Gasteiger partial charge in [-0.1, -0.05) is 18.2 Å². The number of rotatable bonds is 3. The number of H-pyrrole nitrogens is 1. The number of nitrogens with zero attached hydrogens (tertiary/aromatic N) is 1. The Labute approximate surface area is 131 Å². The van der Waals surface area contributed by atoms with Gasteiger partial charge in [0.15, 0.2) is 6.10 Å². The number of carbonyl (C=O) groups excluding carboxylic acids is 1. The first-order valence-electron chi connectivity index (χ1n) is 7.28. The summed E-state index contributed by atoms with van der Waals surface area (Å²) in [7, 11) is 0. The monoisotopic (exact) mass is 316 g/mol. The number of pyridine rings is 1. The Morgan fingerprint density at radius 1 is 1.35 bits per heavy atom. The van der Waals surface area contributed by atoms with Gasteiger partial charge < -0.3 is 19.7 Å². The first-order chi connectivity index (χ1) is 11.0. The van der Waals surface area contributed by atoms with Crippen LogP contribution in [-0.4, -0.2) is 52.7 Å². The minimum Gasteiger partial charge on any atom is -0.479 e. The van der Waals surface area contributed by atoms with E-state index in [4.69, 9.17) is 9.84 Å².